The van der Waals surface area contributed by atoms with Gasteiger partial charge < -0.3 is 19.2 Å². The number of oxazole rings is 1. The number of nitrogens with zero attached hydrogens (tertiary/aromatic N) is 4. The van der Waals surface area contributed by atoms with E-state index in [0.717, 1.165) is 25.8 Å². The molecular formula is C24H25N5O4. The fourth-order valence-electron chi connectivity index (χ4n) is 3.20. The van der Waals surface area contributed by atoms with Gasteiger partial charge in [-0.1, -0.05) is 17.3 Å². The van der Waals surface area contributed by atoms with Gasteiger partial charge in [0, 0.05) is 18.4 Å². The minimum atomic E-state index is -0.358. The molecule has 0 saturated heterocycles. The van der Waals surface area contributed by atoms with Gasteiger partial charge in [-0.25, -0.2) is 4.98 Å². The lowest BCUT2D eigenvalue weighted by Crippen LogP contribution is -2.12. The van der Waals surface area contributed by atoms with Gasteiger partial charge in [-0.05, 0) is 61.2 Å². The highest BCUT2D eigenvalue weighted by Gasteiger charge is 2.13. The van der Waals surface area contributed by atoms with Crippen LogP contribution in [0.25, 0.3) is 0 Å². The van der Waals surface area contributed by atoms with Crippen LogP contribution in [0, 0.1) is 0 Å². The van der Waals surface area contributed by atoms with Crippen molar-refractivity contribution in [3.63, 3.8) is 0 Å². The first-order chi connectivity index (χ1) is 16.2. The lowest BCUT2D eigenvalue weighted by Gasteiger charge is -2.06. The number of carbonyl (C=O) groups is 1. The van der Waals surface area contributed by atoms with E-state index >= 15 is 0 Å². The van der Waals surface area contributed by atoms with E-state index in [2.05, 4.69) is 20.6 Å². The van der Waals surface area contributed by atoms with Crippen molar-refractivity contribution in [2.24, 2.45) is 0 Å². The standard InChI is InChI=1S/C24H25N5O4/c1-31-20-11-7-19(8-12-20)26-24(30)22-16-33-23(27-22)17-32-21-9-5-18(6-10-21)4-2-3-14-29-15-13-25-28-29/h5-13,15-16H,2-4,14,17H2,1H3,(H,26,30). The molecule has 0 radical (unpaired) electrons. The highest BCUT2D eigenvalue weighted by Crippen LogP contribution is 2.18. The summed E-state index contributed by atoms with van der Waals surface area (Å²) in [5, 5.41) is 10.5. The zero-order valence-corrected chi connectivity index (χ0v) is 18.3. The van der Waals surface area contributed by atoms with E-state index in [-0.39, 0.29) is 18.2 Å². The second-order valence-corrected chi connectivity index (χ2v) is 7.36. The monoisotopic (exact) mass is 447 g/mol. The number of rotatable bonds is 11. The third kappa shape index (κ3) is 6.42. The molecular weight excluding hydrogens is 422 g/mol. The third-order valence-corrected chi connectivity index (χ3v) is 4.99. The number of hydrogen-bond donors (Lipinski definition) is 1. The summed E-state index contributed by atoms with van der Waals surface area (Å²) in [5.74, 6) is 1.39. The van der Waals surface area contributed by atoms with Crippen LogP contribution in [0.2, 0.25) is 0 Å². The van der Waals surface area contributed by atoms with E-state index < -0.39 is 0 Å². The predicted molar refractivity (Wildman–Crippen MR) is 121 cm³/mol. The Morgan fingerprint density at radius 3 is 2.58 bits per heavy atom. The third-order valence-electron chi connectivity index (χ3n) is 4.99. The fourth-order valence-corrected chi connectivity index (χ4v) is 3.20. The van der Waals surface area contributed by atoms with Crippen LogP contribution in [0.5, 0.6) is 11.5 Å². The molecule has 2 heterocycles. The van der Waals surface area contributed by atoms with Crippen LogP contribution in [0.15, 0.2) is 71.6 Å². The molecule has 4 rings (SSSR count). The van der Waals surface area contributed by atoms with Crippen LogP contribution in [0.4, 0.5) is 5.69 Å². The zero-order valence-electron chi connectivity index (χ0n) is 18.3. The quantitative estimate of drug-likeness (QED) is 0.345. The molecule has 4 aromatic rings. The van der Waals surface area contributed by atoms with Gasteiger partial charge in [0.05, 0.1) is 13.3 Å². The molecule has 170 valence electrons. The number of aromatic nitrogens is 4. The lowest BCUT2D eigenvalue weighted by molar-refractivity contribution is 0.102. The molecule has 2 aromatic heterocycles. The number of amides is 1. The van der Waals surface area contributed by atoms with Crippen molar-refractivity contribution >= 4 is 11.6 Å². The molecule has 0 aliphatic heterocycles. The van der Waals surface area contributed by atoms with Crippen LogP contribution < -0.4 is 14.8 Å². The van der Waals surface area contributed by atoms with Crippen molar-refractivity contribution in [2.75, 3.05) is 12.4 Å². The summed E-state index contributed by atoms with van der Waals surface area (Å²) >= 11 is 0. The first-order valence-electron chi connectivity index (χ1n) is 10.7. The van der Waals surface area contributed by atoms with Crippen molar-refractivity contribution in [1.82, 2.24) is 20.0 Å². The SMILES string of the molecule is COc1ccc(NC(=O)c2coc(COc3ccc(CCCCn4ccnn4)cc3)n2)cc1. The van der Waals surface area contributed by atoms with Crippen LogP contribution in [0.3, 0.4) is 0 Å². The van der Waals surface area contributed by atoms with Crippen LogP contribution in [0.1, 0.15) is 34.8 Å². The molecule has 33 heavy (non-hydrogen) atoms. The number of nitrogens with one attached hydrogen (secondary N) is 1. The zero-order chi connectivity index (χ0) is 22.9. The molecule has 2 aromatic carbocycles. The second kappa shape index (κ2) is 10.9. The summed E-state index contributed by atoms with van der Waals surface area (Å²) in [6.45, 7) is 1.00. The summed E-state index contributed by atoms with van der Waals surface area (Å²) in [5.41, 5.74) is 2.07. The minimum Gasteiger partial charge on any atom is -0.497 e. The molecule has 0 aliphatic rings. The number of aryl methyl sites for hydroxylation is 2. The van der Waals surface area contributed by atoms with Gasteiger partial charge in [0.1, 0.15) is 17.8 Å². The highest BCUT2D eigenvalue weighted by atomic mass is 16.5. The van der Waals surface area contributed by atoms with Gasteiger partial charge in [-0.3, -0.25) is 9.48 Å². The molecule has 0 saturated carbocycles. The Morgan fingerprint density at radius 2 is 1.85 bits per heavy atom. The number of hydrogen-bond acceptors (Lipinski definition) is 7. The van der Waals surface area contributed by atoms with Crippen LogP contribution >= 0.6 is 0 Å². The van der Waals surface area contributed by atoms with Gasteiger partial charge in [0.2, 0.25) is 5.89 Å². The lowest BCUT2D eigenvalue weighted by atomic mass is 10.1. The van der Waals surface area contributed by atoms with E-state index in [9.17, 15) is 4.79 Å². The summed E-state index contributed by atoms with van der Waals surface area (Å²) in [6.07, 6.45) is 7.98. The second-order valence-electron chi connectivity index (χ2n) is 7.36. The molecule has 0 fully saturated rings. The normalized spacial score (nSPS) is 10.7. The maximum Gasteiger partial charge on any atom is 0.277 e. The smallest absolute Gasteiger partial charge is 0.277 e. The summed E-state index contributed by atoms with van der Waals surface area (Å²) in [6, 6.07) is 15.0. The Balaban J connectivity index is 1.21. The maximum absolute atomic E-state index is 12.4. The summed E-state index contributed by atoms with van der Waals surface area (Å²) < 4.78 is 18.1. The summed E-state index contributed by atoms with van der Waals surface area (Å²) in [7, 11) is 1.59. The van der Waals surface area contributed by atoms with Gasteiger partial charge in [-0.2, -0.15) is 0 Å². The predicted octanol–water partition coefficient (Wildman–Crippen LogP) is 4.13. The Bertz CT molecular complexity index is 1140. The molecule has 0 spiro atoms. The molecule has 1 amide bonds. The molecule has 0 aliphatic carbocycles. The van der Waals surface area contributed by atoms with Gasteiger partial charge in [-0.15, -0.1) is 5.10 Å². The van der Waals surface area contributed by atoms with Crippen molar-refractivity contribution in [1.29, 1.82) is 0 Å². The van der Waals surface area contributed by atoms with E-state index in [1.165, 1.54) is 11.8 Å². The van der Waals surface area contributed by atoms with E-state index in [0.29, 0.717) is 23.1 Å². The van der Waals surface area contributed by atoms with Crippen molar-refractivity contribution in [2.45, 2.75) is 32.4 Å². The first-order valence-corrected chi connectivity index (χ1v) is 10.7. The molecule has 1 N–H and O–H groups in total. The average Bonchev–Trinajstić information content (AvgIpc) is 3.54. The minimum absolute atomic E-state index is 0.132. The van der Waals surface area contributed by atoms with E-state index in [1.54, 1.807) is 37.6 Å². The van der Waals surface area contributed by atoms with Crippen molar-refractivity contribution < 1.29 is 18.7 Å². The first kappa shape index (κ1) is 22.1. The topological polar surface area (TPSA) is 104 Å². The molecule has 9 heteroatoms. The van der Waals surface area contributed by atoms with Gasteiger partial charge in [0.15, 0.2) is 12.3 Å². The molecule has 0 unspecified atom stereocenters. The number of ether oxygens (including phenoxy) is 2. The summed E-state index contributed by atoms with van der Waals surface area (Å²) in [4.78, 5) is 16.6. The fraction of sp³-hybridized carbons (Fsp3) is 0.250. The molecule has 0 bridgehead atoms. The Morgan fingerprint density at radius 1 is 1.06 bits per heavy atom. The van der Waals surface area contributed by atoms with Gasteiger partial charge in [0.25, 0.3) is 5.91 Å². The number of benzene rings is 2. The number of unbranched alkanes of at least 4 members (excludes halogenated alkanes) is 1. The molecule has 0 atom stereocenters. The Kier molecular flexibility index (Phi) is 7.32. The average molecular weight is 447 g/mol. The Hall–Kier alpha value is -4.14. The Labute approximate surface area is 191 Å². The number of anilines is 1. The van der Waals surface area contributed by atoms with Crippen molar-refractivity contribution in [3.05, 3.63) is 84.3 Å². The highest BCUT2D eigenvalue weighted by molar-refractivity contribution is 6.02. The van der Waals surface area contributed by atoms with Crippen LogP contribution in [-0.2, 0) is 19.6 Å². The van der Waals surface area contributed by atoms with E-state index in [1.807, 2.05) is 35.1 Å². The van der Waals surface area contributed by atoms with Crippen molar-refractivity contribution in [3.8, 4) is 11.5 Å². The number of methoxy groups -OCH3 is 1. The van der Waals surface area contributed by atoms with Crippen LogP contribution in [-0.4, -0.2) is 33.0 Å². The number of carbonyl (C=O) groups excluding carboxylic acids is 1. The maximum atomic E-state index is 12.4. The molecule has 9 nitrogen and oxygen atoms in total. The van der Waals surface area contributed by atoms with E-state index in [4.69, 9.17) is 13.9 Å². The largest absolute Gasteiger partial charge is 0.497 e. The van der Waals surface area contributed by atoms with Gasteiger partial charge >= 0.3 is 0 Å².